The van der Waals surface area contributed by atoms with Gasteiger partial charge in [0, 0.05) is 18.8 Å². The molecule has 0 saturated carbocycles. The van der Waals surface area contributed by atoms with Crippen LogP contribution in [0.5, 0.6) is 0 Å². The van der Waals surface area contributed by atoms with E-state index in [1.807, 2.05) is 12.1 Å². The molecule has 1 heterocycles. The molecule has 0 aliphatic carbocycles. The molecule has 1 aromatic carbocycles. The van der Waals surface area contributed by atoms with Crippen molar-refractivity contribution in [2.75, 3.05) is 0 Å². The van der Waals surface area contributed by atoms with Gasteiger partial charge in [0.15, 0.2) is 5.78 Å². The average Bonchev–Trinajstić information content (AvgIpc) is 3.02. The fraction of sp³-hybridized carbons (Fsp3) is 0.294. The molecular formula is C17H18FNO2. The topological polar surface area (TPSA) is 39.1 Å². The minimum Gasteiger partial charge on any atom is -0.341 e. The lowest BCUT2D eigenvalue weighted by molar-refractivity contribution is -0.133. The molecule has 0 amide bonds. The van der Waals surface area contributed by atoms with E-state index in [1.165, 1.54) is 12.1 Å². The minimum atomic E-state index is -0.873. The SMILES string of the molecule is CC(C=O)C(=O)[C@](C)(Cc1ccc(F)cc1)n1cccc1. The third-order valence-corrected chi connectivity index (χ3v) is 3.78. The Morgan fingerprint density at radius 3 is 2.38 bits per heavy atom. The summed E-state index contributed by atoms with van der Waals surface area (Å²) in [7, 11) is 0. The molecule has 1 unspecified atom stereocenters. The summed E-state index contributed by atoms with van der Waals surface area (Å²) >= 11 is 0. The normalized spacial score (nSPS) is 15.2. The molecule has 0 aliphatic rings. The molecule has 0 N–H and O–H groups in total. The summed E-state index contributed by atoms with van der Waals surface area (Å²) in [6, 6.07) is 9.74. The molecule has 2 atom stereocenters. The van der Waals surface area contributed by atoms with Crippen LogP contribution in [0.25, 0.3) is 0 Å². The highest BCUT2D eigenvalue weighted by molar-refractivity contribution is 5.98. The Bertz CT molecular complexity index is 619. The smallest absolute Gasteiger partial charge is 0.168 e. The number of hydrogen-bond donors (Lipinski definition) is 0. The zero-order valence-electron chi connectivity index (χ0n) is 12.1. The largest absolute Gasteiger partial charge is 0.341 e. The van der Waals surface area contributed by atoms with Gasteiger partial charge in [-0.2, -0.15) is 0 Å². The zero-order chi connectivity index (χ0) is 15.5. The summed E-state index contributed by atoms with van der Waals surface area (Å²) in [4.78, 5) is 23.6. The fourth-order valence-electron chi connectivity index (χ4n) is 2.52. The highest BCUT2D eigenvalue weighted by atomic mass is 19.1. The second-order valence-corrected chi connectivity index (χ2v) is 5.46. The van der Waals surface area contributed by atoms with Gasteiger partial charge in [0.25, 0.3) is 0 Å². The molecule has 1 aromatic heterocycles. The van der Waals surface area contributed by atoms with Crippen LogP contribution in [-0.4, -0.2) is 16.6 Å². The predicted octanol–water partition coefficient (Wildman–Crippen LogP) is 2.99. The van der Waals surface area contributed by atoms with Crippen LogP contribution >= 0.6 is 0 Å². The van der Waals surface area contributed by atoms with E-state index >= 15 is 0 Å². The lowest BCUT2D eigenvalue weighted by Crippen LogP contribution is -2.43. The molecule has 110 valence electrons. The first-order valence-corrected chi connectivity index (χ1v) is 6.85. The van der Waals surface area contributed by atoms with Crippen molar-refractivity contribution in [1.29, 1.82) is 0 Å². The number of Topliss-reactive ketones (excluding diaryl/α,β-unsaturated/α-hetero) is 1. The summed E-state index contributed by atoms with van der Waals surface area (Å²) in [5, 5.41) is 0. The van der Waals surface area contributed by atoms with Crippen molar-refractivity contribution in [3.63, 3.8) is 0 Å². The molecule has 0 saturated heterocycles. The molecule has 0 radical (unpaired) electrons. The van der Waals surface area contributed by atoms with E-state index in [0.717, 1.165) is 5.56 Å². The molecule has 2 rings (SSSR count). The van der Waals surface area contributed by atoms with Gasteiger partial charge >= 0.3 is 0 Å². The van der Waals surface area contributed by atoms with Crippen LogP contribution in [0.2, 0.25) is 0 Å². The Hall–Kier alpha value is -2.23. The number of aldehydes is 1. The number of halogens is 1. The van der Waals surface area contributed by atoms with Crippen molar-refractivity contribution in [3.05, 3.63) is 60.2 Å². The summed E-state index contributed by atoms with van der Waals surface area (Å²) in [5.74, 6) is -1.15. The van der Waals surface area contributed by atoms with Gasteiger partial charge in [-0.05, 0) is 43.7 Å². The summed E-state index contributed by atoms with van der Waals surface area (Å²) < 4.78 is 14.8. The summed E-state index contributed by atoms with van der Waals surface area (Å²) in [6.45, 7) is 3.40. The van der Waals surface area contributed by atoms with Crippen LogP contribution in [0.1, 0.15) is 19.4 Å². The van der Waals surface area contributed by atoms with E-state index in [4.69, 9.17) is 0 Å². The van der Waals surface area contributed by atoms with E-state index in [2.05, 4.69) is 0 Å². The molecule has 3 nitrogen and oxygen atoms in total. The minimum absolute atomic E-state index is 0.155. The van der Waals surface area contributed by atoms with Crippen molar-refractivity contribution >= 4 is 12.1 Å². The summed E-state index contributed by atoms with van der Waals surface area (Å²) in [6.07, 6.45) is 4.67. The second kappa shape index (κ2) is 6.04. The highest BCUT2D eigenvalue weighted by Crippen LogP contribution is 2.26. The van der Waals surface area contributed by atoms with Crippen LogP contribution in [0.3, 0.4) is 0 Å². The summed E-state index contributed by atoms with van der Waals surface area (Å²) in [5.41, 5.74) is -0.0270. The third kappa shape index (κ3) is 3.10. The molecule has 4 heteroatoms. The lowest BCUT2D eigenvalue weighted by Gasteiger charge is -2.31. The van der Waals surface area contributed by atoms with Crippen LogP contribution < -0.4 is 0 Å². The number of carbonyl (C=O) groups excluding carboxylic acids is 2. The van der Waals surface area contributed by atoms with Crippen LogP contribution in [0, 0.1) is 11.7 Å². The maximum atomic E-state index is 13.0. The lowest BCUT2D eigenvalue weighted by atomic mass is 9.83. The van der Waals surface area contributed by atoms with Gasteiger partial charge in [0.1, 0.15) is 17.6 Å². The Morgan fingerprint density at radius 2 is 1.86 bits per heavy atom. The van der Waals surface area contributed by atoms with Crippen molar-refractivity contribution in [2.45, 2.75) is 25.8 Å². The van der Waals surface area contributed by atoms with Gasteiger partial charge in [-0.3, -0.25) is 4.79 Å². The Kier molecular flexibility index (Phi) is 4.36. The maximum absolute atomic E-state index is 13.0. The van der Waals surface area contributed by atoms with Crippen LogP contribution in [0.15, 0.2) is 48.8 Å². The molecule has 21 heavy (non-hydrogen) atoms. The van der Waals surface area contributed by atoms with E-state index in [0.29, 0.717) is 12.7 Å². The monoisotopic (exact) mass is 287 g/mol. The first kappa shape index (κ1) is 15.2. The predicted molar refractivity (Wildman–Crippen MR) is 78.4 cm³/mol. The maximum Gasteiger partial charge on any atom is 0.168 e. The highest BCUT2D eigenvalue weighted by Gasteiger charge is 2.37. The van der Waals surface area contributed by atoms with Gasteiger partial charge in [0.2, 0.25) is 0 Å². The van der Waals surface area contributed by atoms with Crippen LogP contribution in [-0.2, 0) is 21.5 Å². The third-order valence-electron chi connectivity index (χ3n) is 3.78. The van der Waals surface area contributed by atoms with Crippen LogP contribution in [0.4, 0.5) is 4.39 Å². The Labute approximate surface area is 123 Å². The molecular weight excluding hydrogens is 269 g/mol. The number of hydrogen-bond acceptors (Lipinski definition) is 2. The first-order valence-electron chi connectivity index (χ1n) is 6.85. The zero-order valence-corrected chi connectivity index (χ0v) is 12.1. The second-order valence-electron chi connectivity index (χ2n) is 5.46. The van der Waals surface area contributed by atoms with Crippen molar-refractivity contribution in [1.82, 2.24) is 4.57 Å². The standard InChI is InChI=1S/C17H18FNO2/c1-13(12-20)16(21)17(2,19-9-3-4-10-19)11-14-5-7-15(18)8-6-14/h3-10,12-13H,11H2,1-2H3/t13?,17-/m0/s1. The molecule has 0 bridgehead atoms. The van der Waals surface area contributed by atoms with Gasteiger partial charge in [-0.1, -0.05) is 12.1 Å². The van der Waals surface area contributed by atoms with E-state index in [1.54, 1.807) is 42.9 Å². The fourth-order valence-corrected chi connectivity index (χ4v) is 2.52. The number of rotatable bonds is 6. The Balaban J connectivity index is 2.39. The number of nitrogens with zero attached hydrogens (tertiary/aromatic N) is 1. The van der Waals surface area contributed by atoms with Crippen molar-refractivity contribution < 1.29 is 14.0 Å². The van der Waals surface area contributed by atoms with Gasteiger partial charge in [-0.15, -0.1) is 0 Å². The van der Waals surface area contributed by atoms with Gasteiger partial charge in [0.05, 0.1) is 5.92 Å². The quantitative estimate of drug-likeness (QED) is 0.605. The number of carbonyl (C=O) groups is 2. The average molecular weight is 287 g/mol. The van der Waals surface area contributed by atoms with Gasteiger partial charge < -0.3 is 9.36 Å². The number of ketones is 1. The first-order chi connectivity index (χ1) is 9.97. The van der Waals surface area contributed by atoms with Crippen molar-refractivity contribution in [2.24, 2.45) is 5.92 Å². The molecule has 0 spiro atoms. The molecule has 0 fully saturated rings. The molecule has 0 aliphatic heterocycles. The van der Waals surface area contributed by atoms with Gasteiger partial charge in [-0.25, -0.2) is 4.39 Å². The Morgan fingerprint density at radius 1 is 1.29 bits per heavy atom. The number of benzene rings is 1. The van der Waals surface area contributed by atoms with E-state index in [-0.39, 0.29) is 11.6 Å². The number of aromatic nitrogens is 1. The van der Waals surface area contributed by atoms with E-state index < -0.39 is 11.5 Å². The van der Waals surface area contributed by atoms with Crippen molar-refractivity contribution in [3.8, 4) is 0 Å². The van der Waals surface area contributed by atoms with E-state index in [9.17, 15) is 14.0 Å². The molecule has 2 aromatic rings.